The smallest absolute Gasteiger partial charge is 0.298 e. The van der Waals surface area contributed by atoms with Crippen molar-refractivity contribution in [1.82, 2.24) is 14.6 Å². The molecule has 118 valence electrons. The average molecular weight is 320 g/mol. The number of aromatic amines is 1. The summed E-state index contributed by atoms with van der Waals surface area (Å²) >= 11 is 0. The average Bonchev–Trinajstić information content (AvgIpc) is 2.97. The molecule has 5 nitrogen and oxygen atoms in total. The summed E-state index contributed by atoms with van der Waals surface area (Å²) < 4.78 is 14.1. The number of halogens is 1. The Morgan fingerprint density at radius 2 is 2.00 bits per heavy atom. The van der Waals surface area contributed by atoms with Crippen molar-refractivity contribution in [1.29, 1.82) is 0 Å². The summed E-state index contributed by atoms with van der Waals surface area (Å²) in [7, 11) is 0. The predicted molar refractivity (Wildman–Crippen MR) is 92.0 cm³/mol. The molecule has 0 fully saturated rings. The molecule has 4 rings (SSSR count). The Balaban J connectivity index is 1.84. The number of H-pyrrole nitrogens is 1. The minimum Gasteiger partial charge on any atom is -0.349 e. The van der Waals surface area contributed by atoms with Crippen LogP contribution in [0.15, 0.2) is 58.7 Å². The highest BCUT2D eigenvalue weighted by atomic mass is 19.1. The summed E-state index contributed by atoms with van der Waals surface area (Å²) in [6, 6.07) is 11.7. The van der Waals surface area contributed by atoms with Crippen molar-refractivity contribution in [3.05, 3.63) is 76.1 Å². The maximum absolute atomic E-state index is 12.9. The Labute approximate surface area is 136 Å². The summed E-state index contributed by atoms with van der Waals surface area (Å²) in [5.74, 6) is -0.319. The van der Waals surface area contributed by atoms with Gasteiger partial charge in [-0.3, -0.25) is 4.79 Å². The van der Waals surface area contributed by atoms with Gasteiger partial charge in [-0.05, 0) is 36.2 Å². The first kappa shape index (κ1) is 14.3. The number of aromatic nitrogens is 3. The van der Waals surface area contributed by atoms with Crippen LogP contribution in [0.4, 0.5) is 4.39 Å². The molecular formula is C18H13FN4O. The van der Waals surface area contributed by atoms with Crippen LogP contribution in [0.25, 0.3) is 21.9 Å². The zero-order valence-electron chi connectivity index (χ0n) is 12.8. The van der Waals surface area contributed by atoms with Gasteiger partial charge >= 0.3 is 0 Å². The number of benzene rings is 2. The molecule has 0 saturated heterocycles. The van der Waals surface area contributed by atoms with Crippen LogP contribution in [0.3, 0.4) is 0 Å². The first-order chi connectivity index (χ1) is 11.6. The van der Waals surface area contributed by atoms with Gasteiger partial charge in [0.05, 0.1) is 6.21 Å². The van der Waals surface area contributed by atoms with Gasteiger partial charge in [0.1, 0.15) is 23.2 Å². The third-order valence-corrected chi connectivity index (χ3v) is 3.93. The van der Waals surface area contributed by atoms with Crippen molar-refractivity contribution in [2.75, 3.05) is 0 Å². The lowest BCUT2D eigenvalue weighted by atomic mass is 10.1. The van der Waals surface area contributed by atoms with E-state index in [0.717, 1.165) is 21.1 Å². The molecule has 1 N–H and O–H groups in total. The van der Waals surface area contributed by atoms with Crippen LogP contribution in [0, 0.1) is 12.7 Å². The first-order valence-electron chi connectivity index (χ1n) is 7.42. The summed E-state index contributed by atoms with van der Waals surface area (Å²) in [5.41, 5.74) is 3.39. The third kappa shape index (κ3) is 2.28. The second-order valence-corrected chi connectivity index (χ2v) is 5.54. The molecule has 0 aliphatic carbocycles. The van der Waals surface area contributed by atoms with Gasteiger partial charge in [-0.25, -0.2) is 9.37 Å². The topological polar surface area (TPSA) is 63.0 Å². The molecule has 0 aliphatic rings. The van der Waals surface area contributed by atoms with Crippen LogP contribution in [-0.4, -0.2) is 20.9 Å². The molecular weight excluding hydrogens is 307 g/mol. The van der Waals surface area contributed by atoms with E-state index in [4.69, 9.17) is 0 Å². The van der Waals surface area contributed by atoms with Crippen molar-refractivity contribution in [2.24, 2.45) is 5.10 Å². The van der Waals surface area contributed by atoms with Crippen LogP contribution in [0.1, 0.15) is 11.1 Å². The molecule has 0 radical (unpaired) electrons. The zero-order valence-corrected chi connectivity index (χ0v) is 12.8. The van der Waals surface area contributed by atoms with E-state index in [-0.39, 0.29) is 11.4 Å². The third-order valence-electron chi connectivity index (χ3n) is 3.93. The molecule has 0 atom stereocenters. The summed E-state index contributed by atoms with van der Waals surface area (Å²) in [6.45, 7) is 1.98. The standard InChI is InChI=1S/C18H13FN4O/c1-11-3-2-4-14-15(11)16-17(22-14)18(24)23(10-20-16)21-9-12-5-7-13(19)8-6-12/h2-10,22H,1H3/b21-9+. The molecule has 2 aromatic heterocycles. The van der Waals surface area contributed by atoms with Gasteiger partial charge in [-0.1, -0.05) is 24.3 Å². The summed E-state index contributed by atoms with van der Waals surface area (Å²) in [4.78, 5) is 20.1. The summed E-state index contributed by atoms with van der Waals surface area (Å²) in [6.07, 6.45) is 2.88. The van der Waals surface area contributed by atoms with Gasteiger partial charge in [-0.15, -0.1) is 0 Å². The molecule has 24 heavy (non-hydrogen) atoms. The minimum absolute atomic E-state index is 0.283. The van der Waals surface area contributed by atoms with E-state index >= 15 is 0 Å². The second-order valence-electron chi connectivity index (χ2n) is 5.54. The first-order valence-corrected chi connectivity index (χ1v) is 7.42. The summed E-state index contributed by atoms with van der Waals surface area (Å²) in [5, 5.41) is 5.07. The number of nitrogens with one attached hydrogen (secondary N) is 1. The van der Waals surface area contributed by atoms with Gasteiger partial charge < -0.3 is 4.98 Å². The quantitative estimate of drug-likeness (QED) is 0.576. The molecule has 0 unspecified atom stereocenters. The fourth-order valence-corrected chi connectivity index (χ4v) is 2.73. The molecule has 0 amide bonds. The lowest BCUT2D eigenvalue weighted by Gasteiger charge is -1.98. The molecule has 0 aliphatic heterocycles. The largest absolute Gasteiger partial charge is 0.349 e. The number of aryl methyl sites for hydroxylation is 1. The second kappa shape index (κ2) is 5.42. The Bertz CT molecular complexity index is 1140. The van der Waals surface area contributed by atoms with Crippen LogP contribution in [-0.2, 0) is 0 Å². The molecule has 0 spiro atoms. The number of nitrogens with zero attached hydrogens (tertiary/aromatic N) is 3. The van der Waals surface area contributed by atoms with Gasteiger partial charge in [0.15, 0.2) is 0 Å². The van der Waals surface area contributed by atoms with Crippen molar-refractivity contribution < 1.29 is 4.39 Å². The van der Waals surface area contributed by atoms with E-state index in [2.05, 4.69) is 15.1 Å². The number of fused-ring (bicyclic) bond motifs is 3. The van der Waals surface area contributed by atoms with Crippen molar-refractivity contribution in [2.45, 2.75) is 6.92 Å². The fourth-order valence-electron chi connectivity index (χ4n) is 2.73. The Kier molecular flexibility index (Phi) is 3.23. The van der Waals surface area contributed by atoms with E-state index in [1.807, 2.05) is 25.1 Å². The van der Waals surface area contributed by atoms with Crippen molar-refractivity contribution in [3.8, 4) is 0 Å². The SMILES string of the molecule is Cc1cccc2[nH]c3c(=O)n(/N=C/c4ccc(F)cc4)cnc3c12. The zero-order chi connectivity index (χ0) is 16.7. The maximum atomic E-state index is 12.9. The maximum Gasteiger partial charge on any atom is 0.298 e. The van der Waals surface area contributed by atoms with Crippen LogP contribution in [0.2, 0.25) is 0 Å². The van der Waals surface area contributed by atoms with Gasteiger partial charge in [0.2, 0.25) is 0 Å². The van der Waals surface area contributed by atoms with E-state index in [1.54, 1.807) is 12.1 Å². The molecule has 0 saturated carbocycles. The Hall–Kier alpha value is -3.28. The number of hydrogen-bond acceptors (Lipinski definition) is 3. The number of rotatable bonds is 2. The van der Waals surface area contributed by atoms with Crippen LogP contribution < -0.4 is 5.56 Å². The molecule has 4 aromatic rings. The molecule has 2 heterocycles. The predicted octanol–water partition coefficient (Wildman–Crippen LogP) is 3.21. The lowest BCUT2D eigenvalue weighted by Crippen LogP contribution is -2.17. The Morgan fingerprint density at radius 1 is 1.21 bits per heavy atom. The van der Waals surface area contributed by atoms with E-state index in [0.29, 0.717) is 16.6 Å². The lowest BCUT2D eigenvalue weighted by molar-refractivity contribution is 0.628. The molecule has 0 bridgehead atoms. The highest BCUT2D eigenvalue weighted by Gasteiger charge is 2.11. The van der Waals surface area contributed by atoms with E-state index < -0.39 is 0 Å². The highest BCUT2D eigenvalue weighted by molar-refractivity contribution is 6.06. The minimum atomic E-state index is -0.319. The molecule has 2 aromatic carbocycles. The number of hydrogen-bond donors (Lipinski definition) is 1. The van der Waals surface area contributed by atoms with Gasteiger partial charge in [0, 0.05) is 10.9 Å². The normalized spacial score (nSPS) is 11.8. The van der Waals surface area contributed by atoms with Gasteiger partial charge in [0.25, 0.3) is 5.56 Å². The van der Waals surface area contributed by atoms with Crippen LogP contribution in [0.5, 0.6) is 0 Å². The van der Waals surface area contributed by atoms with E-state index in [1.165, 1.54) is 24.7 Å². The van der Waals surface area contributed by atoms with E-state index in [9.17, 15) is 9.18 Å². The van der Waals surface area contributed by atoms with Crippen molar-refractivity contribution >= 4 is 28.2 Å². The highest BCUT2D eigenvalue weighted by Crippen LogP contribution is 2.24. The monoisotopic (exact) mass is 320 g/mol. The molecule has 6 heteroatoms. The van der Waals surface area contributed by atoms with Gasteiger partial charge in [-0.2, -0.15) is 9.78 Å². The van der Waals surface area contributed by atoms with Crippen molar-refractivity contribution in [3.63, 3.8) is 0 Å². The Morgan fingerprint density at radius 3 is 2.79 bits per heavy atom. The van der Waals surface area contributed by atoms with Crippen LogP contribution >= 0.6 is 0 Å². The fraction of sp³-hybridized carbons (Fsp3) is 0.0556.